The molecule has 0 amide bonds. The maximum Gasteiger partial charge on any atom is 0.129 e. The van der Waals surface area contributed by atoms with Crippen molar-refractivity contribution in [1.29, 1.82) is 0 Å². The first-order valence-corrected chi connectivity index (χ1v) is 4.48. The Morgan fingerprint density at radius 2 is 2.25 bits per heavy atom. The second-order valence-corrected chi connectivity index (χ2v) is 3.59. The zero-order valence-corrected chi connectivity index (χ0v) is 8.45. The van der Waals surface area contributed by atoms with Gasteiger partial charge in [0.15, 0.2) is 0 Å². The summed E-state index contributed by atoms with van der Waals surface area (Å²) in [4.78, 5) is 0. The second-order valence-electron chi connectivity index (χ2n) is 2.35. The molecule has 0 aromatic heterocycles. The van der Waals surface area contributed by atoms with Gasteiger partial charge >= 0.3 is 0 Å². The highest BCUT2D eigenvalue weighted by molar-refractivity contribution is 14.1. The Hall–Kier alpha value is -0.420. The summed E-state index contributed by atoms with van der Waals surface area (Å²) >= 11 is 2.06. The maximum atomic E-state index is 13.0. The van der Waals surface area contributed by atoms with Gasteiger partial charge in [0.2, 0.25) is 0 Å². The lowest BCUT2D eigenvalue weighted by Gasteiger charge is -2.06. The van der Waals surface area contributed by atoms with E-state index in [1.54, 1.807) is 12.1 Å². The third-order valence-corrected chi connectivity index (χ3v) is 2.17. The molecule has 12 heavy (non-hydrogen) atoms. The quantitative estimate of drug-likeness (QED) is 0.651. The molecule has 1 nitrogen and oxygen atoms in total. The molecule has 0 spiro atoms. The van der Waals surface area contributed by atoms with Gasteiger partial charge in [-0.2, -0.15) is 0 Å². The monoisotopic (exact) mass is 278 g/mol. The Bertz CT molecular complexity index is 299. The van der Waals surface area contributed by atoms with Gasteiger partial charge in [0.25, 0.3) is 0 Å². The summed E-state index contributed by atoms with van der Waals surface area (Å²) < 4.78 is 13.9. The average molecular weight is 278 g/mol. The lowest BCUT2D eigenvalue weighted by Crippen LogP contribution is -1.97. The molecule has 0 saturated heterocycles. The first-order valence-electron chi connectivity index (χ1n) is 3.40. The van der Waals surface area contributed by atoms with Crippen LogP contribution in [0.25, 0.3) is 0 Å². The maximum absolute atomic E-state index is 13.0. The molecule has 0 aliphatic rings. The van der Waals surface area contributed by atoms with Crippen molar-refractivity contribution in [3.05, 3.63) is 45.8 Å². The van der Waals surface area contributed by atoms with Gasteiger partial charge in [-0.15, -0.1) is 6.58 Å². The summed E-state index contributed by atoms with van der Waals surface area (Å²) in [6.07, 6.45) is 0.383. The molecular formula is C9H8FIO. The fraction of sp³-hybridized carbons (Fsp3) is 0.111. The van der Waals surface area contributed by atoms with Gasteiger partial charge in [-0.05, 0) is 40.8 Å². The molecule has 64 valence electrons. The number of rotatable bonds is 2. The SMILES string of the molecule is C=CC(O)c1cc(I)ccc1F. The molecule has 1 unspecified atom stereocenters. The van der Waals surface area contributed by atoms with Gasteiger partial charge < -0.3 is 5.11 Å². The fourth-order valence-corrected chi connectivity index (χ4v) is 1.38. The van der Waals surface area contributed by atoms with Crippen LogP contribution in [0.2, 0.25) is 0 Å². The zero-order valence-electron chi connectivity index (χ0n) is 6.30. The Morgan fingerprint density at radius 3 is 2.83 bits per heavy atom. The standard InChI is InChI=1S/C9H8FIO/c1-2-9(12)7-5-6(11)3-4-8(7)10/h2-5,9,12H,1H2. The van der Waals surface area contributed by atoms with Gasteiger partial charge in [0.05, 0.1) is 6.10 Å². The molecular weight excluding hydrogens is 270 g/mol. The van der Waals surface area contributed by atoms with Crippen molar-refractivity contribution in [2.45, 2.75) is 6.10 Å². The van der Waals surface area contributed by atoms with Crippen molar-refractivity contribution in [1.82, 2.24) is 0 Å². The van der Waals surface area contributed by atoms with E-state index in [1.807, 2.05) is 0 Å². The smallest absolute Gasteiger partial charge is 0.129 e. The van der Waals surface area contributed by atoms with Crippen LogP contribution in [0.5, 0.6) is 0 Å². The third kappa shape index (κ3) is 2.04. The number of aliphatic hydroxyl groups is 1. The Balaban J connectivity index is 3.12. The highest BCUT2D eigenvalue weighted by Gasteiger charge is 2.08. The number of hydrogen-bond donors (Lipinski definition) is 1. The van der Waals surface area contributed by atoms with Crippen molar-refractivity contribution in [2.24, 2.45) is 0 Å². The van der Waals surface area contributed by atoms with E-state index in [1.165, 1.54) is 12.1 Å². The Kier molecular flexibility index (Phi) is 3.22. The summed E-state index contributed by atoms with van der Waals surface area (Å²) in [6, 6.07) is 4.58. The molecule has 0 bridgehead atoms. The van der Waals surface area contributed by atoms with Crippen LogP contribution >= 0.6 is 22.6 Å². The summed E-state index contributed by atoms with van der Waals surface area (Å²) in [5.74, 6) is -0.400. The van der Waals surface area contributed by atoms with Crippen molar-refractivity contribution < 1.29 is 9.50 Å². The molecule has 3 heteroatoms. The number of hydrogen-bond acceptors (Lipinski definition) is 1. The minimum atomic E-state index is -0.917. The van der Waals surface area contributed by atoms with E-state index in [2.05, 4.69) is 29.2 Å². The average Bonchev–Trinajstić information content (AvgIpc) is 2.08. The van der Waals surface area contributed by atoms with Crippen molar-refractivity contribution in [3.63, 3.8) is 0 Å². The van der Waals surface area contributed by atoms with Crippen molar-refractivity contribution in [3.8, 4) is 0 Å². The topological polar surface area (TPSA) is 20.2 Å². The molecule has 1 atom stereocenters. The number of halogens is 2. The molecule has 0 radical (unpaired) electrons. The first-order chi connectivity index (χ1) is 5.65. The molecule has 1 aromatic carbocycles. The number of benzene rings is 1. The van der Waals surface area contributed by atoms with Gasteiger partial charge in [-0.1, -0.05) is 6.08 Å². The van der Waals surface area contributed by atoms with Gasteiger partial charge in [-0.3, -0.25) is 0 Å². The van der Waals surface area contributed by atoms with E-state index < -0.39 is 11.9 Å². The van der Waals surface area contributed by atoms with Crippen molar-refractivity contribution >= 4 is 22.6 Å². The molecule has 0 aliphatic carbocycles. The summed E-state index contributed by atoms with van der Waals surface area (Å²) in [5.41, 5.74) is 0.275. The molecule has 1 aromatic rings. The fourth-order valence-electron chi connectivity index (χ4n) is 0.868. The van der Waals surface area contributed by atoms with E-state index >= 15 is 0 Å². The molecule has 0 heterocycles. The van der Waals surface area contributed by atoms with Crippen molar-refractivity contribution in [2.75, 3.05) is 0 Å². The normalized spacial score (nSPS) is 12.6. The molecule has 1 rings (SSSR count). The van der Waals surface area contributed by atoms with E-state index in [4.69, 9.17) is 0 Å². The van der Waals surface area contributed by atoms with Crippen LogP contribution < -0.4 is 0 Å². The highest BCUT2D eigenvalue weighted by Crippen LogP contribution is 2.19. The van der Waals surface area contributed by atoms with Crippen LogP contribution in [0.4, 0.5) is 4.39 Å². The van der Waals surface area contributed by atoms with Crippen LogP contribution in [-0.2, 0) is 0 Å². The lowest BCUT2D eigenvalue weighted by atomic mass is 10.1. The van der Waals surface area contributed by atoms with Gasteiger partial charge in [-0.25, -0.2) is 4.39 Å². The minimum absolute atomic E-state index is 0.275. The second kappa shape index (κ2) is 4.00. The Labute approximate surface area is 84.1 Å². The van der Waals surface area contributed by atoms with E-state index in [-0.39, 0.29) is 5.56 Å². The Morgan fingerprint density at radius 1 is 1.58 bits per heavy atom. The largest absolute Gasteiger partial charge is 0.384 e. The predicted octanol–water partition coefficient (Wildman–Crippen LogP) is 2.65. The van der Waals surface area contributed by atoms with E-state index in [9.17, 15) is 9.50 Å². The summed E-state index contributed by atoms with van der Waals surface area (Å²) in [5, 5.41) is 9.27. The van der Waals surface area contributed by atoms with Crippen LogP contribution in [0.1, 0.15) is 11.7 Å². The lowest BCUT2D eigenvalue weighted by molar-refractivity contribution is 0.223. The summed E-state index contributed by atoms with van der Waals surface area (Å²) in [7, 11) is 0. The minimum Gasteiger partial charge on any atom is -0.384 e. The van der Waals surface area contributed by atoms with Crippen LogP contribution in [-0.4, -0.2) is 5.11 Å². The molecule has 0 saturated carbocycles. The first kappa shape index (κ1) is 9.67. The van der Waals surface area contributed by atoms with Gasteiger partial charge in [0, 0.05) is 9.13 Å². The summed E-state index contributed by atoms with van der Waals surface area (Å²) in [6.45, 7) is 3.39. The molecule has 0 fully saturated rings. The molecule has 0 aliphatic heterocycles. The molecule has 1 N–H and O–H groups in total. The van der Waals surface area contributed by atoms with E-state index in [0.717, 1.165) is 3.57 Å². The van der Waals surface area contributed by atoms with Crippen LogP contribution in [0.3, 0.4) is 0 Å². The van der Waals surface area contributed by atoms with Crippen LogP contribution in [0.15, 0.2) is 30.9 Å². The van der Waals surface area contributed by atoms with Crippen LogP contribution in [0, 0.1) is 9.39 Å². The van der Waals surface area contributed by atoms with E-state index in [0.29, 0.717) is 0 Å². The third-order valence-electron chi connectivity index (χ3n) is 1.50. The number of aliphatic hydroxyl groups excluding tert-OH is 1. The predicted molar refractivity (Wildman–Crippen MR) is 54.3 cm³/mol. The van der Waals surface area contributed by atoms with Gasteiger partial charge in [0.1, 0.15) is 5.82 Å². The zero-order chi connectivity index (χ0) is 9.14. The highest BCUT2D eigenvalue weighted by atomic mass is 127.